The summed E-state index contributed by atoms with van der Waals surface area (Å²) in [7, 11) is 1.88. The van der Waals surface area contributed by atoms with E-state index in [0.717, 1.165) is 48.3 Å². The molecule has 0 spiro atoms. The van der Waals surface area contributed by atoms with Gasteiger partial charge in [-0.25, -0.2) is 0 Å². The van der Waals surface area contributed by atoms with Gasteiger partial charge in [-0.15, -0.1) is 0 Å². The van der Waals surface area contributed by atoms with Crippen molar-refractivity contribution in [3.8, 4) is 0 Å². The molecule has 3 amide bonds. The van der Waals surface area contributed by atoms with Crippen molar-refractivity contribution in [2.45, 2.75) is 52.0 Å². The van der Waals surface area contributed by atoms with Gasteiger partial charge in [0.1, 0.15) is 0 Å². The fourth-order valence-electron chi connectivity index (χ4n) is 5.76. The van der Waals surface area contributed by atoms with Gasteiger partial charge < -0.3 is 14.7 Å². The zero-order chi connectivity index (χ0) is 24.5. The topological polar surface area (TPSA) is 78.8 Å². The van der Waals surface area contributed by atoms with E-state index in [0.29, 0.717) is 57.6 Å². The van der Waals surface area contributed by atoms with Gasteiger partial charge in [0.25, 0.3) is 5.91 Å². The van der Waals surface area contributed by atoms with Crippen molar-refractivity contribution >= 4 is 17.7 Å². The Morgan fingerprint density at radius 1 is 0.971 bits per heavy atom. The van der Waals surface area contributed by atoms with Crippen LogP contribution in [-0.2, 0) is 36.0 Å². The van der Waals surface area contributed by atoms with Crippen LogP contribution in [0.25, 0.3) is 0 Å². The molecule has 1 aromatic carbocycles. The summed E-state index contributed by atoms with van der Waals surface area (Å²) in [4.78, 5) is 45.0. The van der Waals surface area contributed by atoms with Gasteiger partial charge >= 0.3 is 0 Å². The van der Waals surface area contributed by atoms with Crippen LogP contribution in [0.5, 0.6) is 0 Å². The Morgan fingerprint density at radius 2 is 1.71 bits per heavy atom. The molecule has 3 aliphatic rings. The highest BCUT2D eigenvalue weighted by Gasteiger charge is 2.35. The highest BCUT2D eigenvalue weighted by atomic mass is 16.2. The van der Waals surface area contributed by atoms with E-state index >= 15 is 0 Å². The Balaban J connectivity index is 1.24. The van der Waals surface area contributed by atoms with E-state index < -0.39 is 0 Å². The lowest BCUT2D eigenvalue weighted by Crippen LogP contribution is -2.44. The first-order chi connectivity index (χ1) is 16.9. The van der Waals surface area contributed by atoms with Crippen molar-refractivity contribution in [3.05, 3.63) is 52.3 Å². The lowest BCUT2D eigenvalue weighted by molar-refractivity contribution is -0.135. The molecule has 0 aliphatic carbocycles. The van der Waals surface area contributed by atoms with Gasteiger partial charge in [-0.1, -0.05) is 29.8 Å². The number of hydrogen-bond acceptors (Lipinski definition) is 4. The van der Waals surface area contributed by atoms with Crippen LogP contribution in [0.1, 0.15) is 58.6 Å². The number of carbonyl (C=O) groups excluding carboxylic acids is 3. The molecule has 2 saturated heterocycles. The van der Waals surface area contributed by atoms with E-state index in [-0.39, 0.29) is 23.6 Å². The molecule has 5 rings (SSSR count). The molecule has 0 bridgehead atoms. The van der Waals surface area contributed by atoms with Gasteiger partial charge in [0.2, 0.25) is 11.8 Å². The Bertz CT molecular complexity index is 1130. The first-order valence-corrected chi connectivity index (χ1v) is 12.9. The zero-order valence-corrected chi connectivity index (χ0v) is 20.8. The third kappa shape index (κ3) is 4.83. The molecule has 2 aromatic rings. The van der Waals surface area contributed by atoms with Crippen molar-refractivity contribution in [2.24, 2.45) is 13.0 Å². The Kier molecular flexibility index (Phi) is 6.62. The van der Waals surface area contributed by atoms with Crippen LogP contribution in [0, 0.1) is 12.8 Å². The second-order valence-corrected chi connectivity index (χ2v) is 10.2. The monoisotopic (exact) mass is 477 g/mol. The molecule has 8 heteroatoms. The van der Waals surface area contributed by atoms with Crippen molar-refractivity contribution in [1.82, 2.24) is 24.5 Å². The summed E-state index contributed by atoms with van der Waals surface area (Å²) in [6, 6.07) is 8.04. The van der Waals surface area contributed by atoms with E-state index in [1.54, 1.807) is 4.68 Å². The minimum atomic E-state index is -0.0816. The molecule has 4 heterocycles. The Morgan fingerprint density at radius 3 is 2.43 bits per heavy atom. The number of rotatable bonds is 4. The number of fused-ring (bicyclic) bond motifs is 1. The maximum absolute atomic E-state index is 13.5. The lowest BCUT2D eigenvalue weighted by atomic mass is 9.94. The van der Waals surface area contributed by atoms with E-state index in [2.05, 4.69) is 5.10 Å². The first-order valence-electron chi connectivity index (χ1n) is 12.9. The third-order valence-electron chi connectivity index (χ3n) is 7.78. The van der Waals surface area contributed by atoms with Crippen LogP contribution in [-0.4, -0.2) is 74.9 Å². The molecular weight excluding hydrogens is 442 g/mol. The molecule has 0 radical (unpaired) electrons. The summed E-state index contributed by atoms with van der Waals surface area (Å²) >= 11 is 0. The maximum atomic E-state index is 13.5. The van der Waals surface area contributed by atoms with E-state index in [1.165, 1.54) is 0 Å². The predicted octanol–water partition coefficient (Wildman–Crippen LogP) is 2.33. The van der Waals surface area contributed by atoms with Gasteiger partial charge in [0.05, 0.1) is 6.42 Å². The summed E-state index contributed by atoms with van der Waals surface area (Å²) < 4.78 is 1.80. The molecule has 8 nitrogen and oxygen atoms in total. The number of likely N-dealkylation sites (tertiary alicyclic amines) is 2. The Hall–Kier alpha value is -3.16. The van der Waals surface area contributed by atoms with Crippen LogP contribution in [0.4, 0.5) is 0 Å². The standard InChI is InChI=1S/C27H35N5O3/c1-19-6-5-7-20(16-19)17-24(33)32-15-10-23-22(18-32)25(28-29(23)2)27(35)31-13-8-21(9-14-31)26(34)30-11-3-4-12-30/h5-7,16,21H,3-4,8-15,17-18H2,1-2H3. The number of aromatic nitrogens is 2. The van der Waals surface area contributed by atoms with Crippen molar-refractivity contribution in [1.29, 1.82) is 0 Å². The van der Waals surface area contributed by atoms with Gasteiger partial charge in [-0.2, -0.15) is 5.10 Å². The van der Waals surface area contributed by atoms with Gasteiger partial charge in [0.15, 0.2) is 5.69 Å². The normalized spacial score (nSPS) is 18.6. The number of nitrogens with zero attached hydrogens (tertiary/aromatic N) is 5. The average molecular weight is 478 g/mol. The fourth-order valence-corrected chi connectivity index (χ4v) is 5.76. The van der Waals surface area contributed by atoms with Gasteiger partial charge in [-0.3, -0.25) is 19.1 Å². The van der Waals surface area contributed by atoms with E-state index in [4.69, 9.17) is 0 Å². The molecule has 3 aliphatic heterocycles. The SMILES string of the molecule is Cc1cccc(CC(=O)N2CCc3c(c(C(=O)N4CCC(C(=O)N5CCCC5)CC4)nn3C)C2)c1. The largest absolute Gasteiger partial charge is 0.342 e. The second kappa shape index (κ2) is 9.84. The molecule has 186 valence electrons. The predicted molar refractivity (Wildman–Crippen MR) is 132 cm³/mol. The lowest BCUT2D eigenvalue weighted by Gasteiger charge is -2.33. The summed E-state index contributed by atoms with van der Waals surface area (Å²) in [5.41, 5.74) is 4.51. The molecule has 2 fully saturated rings. The number of hydrogen-bond donors (Lipinski definition) is 0. The van der Waals surface area contributed by atoms with Crippen LogP contribution in [0.2, 0.25) is 0 Å². The highest BCUT2D eigenvalue weighted by Crippen LogP contribution is 2.27. The van der Waals surface area contributed by atoms with Crippen molar-refractivity contribution < 1.29 is 14.4 Å². The van der Waals surface area contributed by atoms with Crippen molar-refractivity contribution in [2.75, 3.05) is 32.7 Å². The van der Waals surface area contributed by atoms with E-state index in [9.17, 15) is 14.4 Å². The maximum Gasteiger partial charge on any atom is 0.274 e. The van der Waals surface area contributed by atoms with Crippen LogP contribution >= 0.6 is 0 Å². The minimum Gasteiger partial charge on any atom is -0.342 e. The average Bonchev–Trinajstić information content (AvgIpc) is 3.52. The third-order valence-corrected chi connectivity index (χ3v) is 7.78. The number of piperidine rings is 1. The molecule has 0 saturated carbocycles. The quantitative estimate of drug-likeness (QED) is 0.677. The Labute approximate surface area is 206 Å². The van der Waals surface area contributed by atoms with Gasteiger partial charge in [-0.05, 0) is 38.2 Å². The minimum absolute atomic E-state index is 0.0181. The molecule has 1 aromatic heterocycles. The fraction of sp³-hybridized carbons (Fsp3) is 0.556. The summed E-state index contributed by atoms with van der Waals surface area (Å²) in [5.74, 6) is 0.267. The highest BCUT2D eigenvalue weighted by molar-refractivity contribution is 5.94. The zero-order valence-electron chi connectivity index (χ0n) is 20.8. The second-order valence-electron chi connectivity index (χ2n) is 10.2. The molecule has 0 atom stereocenters. The molecule has 35 heavy (non-hydrogen) atoms. The number of aryl methyl sites for hydroxylation is 2. The number of carbonyl (C=O) groups is 3. The molecule has 0 N–H and O–H groups in total. The van der Waals surface area contributed by atoms with Crippen molar-refractivity contribution in [3.63, 3.8) is 0 Å². The van der Waals surface area contributed by atoms with Crippen LogP contribution in [0.3, 0.4) is 0 Å². The first kappa shape index (κ1) is 23.6. The van der Waals surface area contributed by atoms with Crippen LogP contribution < -0.4 is 0 Å². The van der Waals surface area contributed by atoms with Crippen LogP contribution in [0.15, 0.2) is 24.3 Å². The molecule has 0 unspecified atom stereocenters. The summed E-state index contributed by atoms with van der Waals surface area (Å²) in [6.07, 6.45) is 4.66. The number of benzene rings is 1. The summed E-state index contributed by atoms with van der Waals surface area (Å²) in [5, 5.41) is 4.59. The van der Waals surface area contributed by atoms with Gasteiger partial charge in [0, 0.05) is 69.9 Å². The van der Waals surface area contributed by atoms with E-state index in [1.807, 2.05) is 52.9 Å². The number of amides is 3. The summed E-state index contributed by atoms with van der Waals surface area (Å²) in [6.45, 7) is 5.97. The molecular formula is C27H35N5O3. The smallest absolute Gasteiger partial charge is 0.274 e.